The van der Waals surface area contributed by atoms with Gasteiger partial charge in [0.05, 0.1) is 0 Å². The predicted octanol–water partition coefficient (Wildman–Crippen LogP) is 0.142. The second kappa shape index (κ2) is 6.05. The molecule has 1 atom stereocenters. The van der Waals surface area contributed by atoms with Crippen molar-refractivity contribution < 1.29 is 18.0 Å². The van der Waals surface area contributed by atoms with Gasteiger partial charge in [-0.2, -0.15) is 0 Å². The van der Waals surface area contributed by atoms with Crippen LogP contribution in [0.3, 0.4) is 0 Å². The van der Waals surface area contributed by atoms with E-state index in [4.69, 9.17) is 0 Å². The zero-order chi connectivity index (χ0) is 8.15. The zero-order valence-electron chi connectivity index (χ0n) is 5.18. The van der Waals surface area contributed by atoms with Crippen molar-refractivity contribution in [3.8, 4) is 0 Å². The van der Waals surface area contributed by atoms with Gasteiger partial charge in [0.2, 0.25) is 6.30 Å². The summed E-state index contributed by atoms with van der Waals surface area (Å²) in [5.41, 5.74) is 1.43. The minimum absolute atomic E-state index is 0. The first kappa shape index (κ1) is 12.9. The third kappa shape index (κ3) is 5.74. The van der Waals surface area contributed by atoms with Crippen molar-refractivity contribution >= 4 is 18.4 Å². The van der Waals surface area contributed by atoms with Crippen LogP contribution in [0.15, 0.2) is 0 Å². The number of nitrogens with one attached hydrogen (secondary N) is 2. The number of hydrogen-bond acceptors (Lipinski definition) is 2. The monoisotopic (exact) mass is 193 g/mol. The number of hydrogen-bond donors (Lipinski definition) is 3. The molecule has 0 rings (SSSR count). The fraction of sp³-hybridized carbons (Fsp3) is 0.667. The molecule has 0 aromatic carbocycles. The average Bonchev–Trinajstić information content (AvgIpc) is 1.87. The topological polar surface area (TPSA) is 67.1 Å². The van der Waals surface area contributed by atoms with Crippen LogP contribution >= 0.6 is 12.4 Å². The Bertz CT molecular complexity index is 124. The van der Waals surface area contributed by atoms with Crippen molar-refractivity contribution in [1.29, 1.82) is 0 Å². The second-order valence-corrected chi connectivity index (χ2v) is 1.35. The lowest BCUT2D eigenvalue weighted by Crippen LogP contribution is -2.45. The Morgan fingerprint density at radius 3 is 2.09 bits per heavy atom. The van der Waals surface area contributed by atoms with Crippen LogP contribution in [0.4, 0.5) is 18.0 Å². The average molecular weight is 194 g/mol. The first-order valence-electron chi connectivity index (χ1n) is 2.27. The molecule has 0 aliphatic rings. The molecule has 0 aromatic heterocycles. The van der Waals surface area contributed by atoms with Gasteiger partial charge < -0.3 is 5.32 Å². The SMILES string of the molecule is Cl.NNC(=O)NC(F)C(F)F. The number of alkyl halides is 3. The molecule has 0 spiro atoms. The summed E-state index contributed by atoms with van der Waals surface area (Å²) in [6, 6.07) is -1.19. The fourth-order valence-electron chi connectivity index (χ4n) is 0.230. The fourth-order valence-corrected chi connectivity index (χ4v) is 0.230. The van der Waals surface area contributed by atoms with Crippen LogP contribution in [0.5, 0.6) is 0 Å². The number of carbonyl (C=O) groups is 1. The van der Waals surface area contributed by atoms with Crippen LogP contribution < -0.4 is 16.6 Å². The molecule has 0 fully saturated rings. The molecule has 4 N–H and O–H groups in total. The van der Waals surface area contributed by atoms with Gasteiger partial charge in [0, 0.05) is 0 Å². The lowest BCUT2D eigenvalue weighted by atomic mass is 10.6. The number of carbonyl (C=O) groups excluding carboxylic acids is 1. The Hall–Kier alpha value is -0.690. The van der Waals surface area contributed by atoms with Crippen LogP contribution in [-0.4, -0.2) is 18.8 Å². The van der Waals surface area contributed by atoms with E-state index >= 15 is 0 Å². The van der Waals surface area contributed by atoms with E-state index < -0.39 is 18.8 Å². The number of amides is 2. The second-order valence-electron chi connectivity index (χ2n) is 1.35. The van der Waals surface area contributed by atoms with Gasteiger partial charge in [-0.05, 0) is 0 Å². The molecule has 4 nitrogen and oxygen atoms in total. The van der Waals surface area contributed by atoms with E-state index in [1.807, 2.05) is 0 Å². The molecule has 8 heteroatoms. The van der Waals surface area contributed by atoms with Crippen LogP contribution in [-0.2, 0) is 0 Å². The van der Waals surface area contributed by atoms with E-state index in [1.165, 1.54) is 10.7 Å². The number of rotatable bonds is 2. The highest BCUT2D eigenvalue weighted by molar-refractivity contribution is 5.85. The number of hydrazine groups is 1. The maximum Gasteiger partial charge on any atom is 0.331 e. The third-order valence-corrected chi connectivity index (χ3v) is 0.621. The highest BCUT2D eigenvalue weighted by Gasteiger charge is 2.20. The van der Waals surface area contributed by atoms with Crippen LogP contribution in [0, 0.1) is 0 Å². The van der Waals surface area contributed by atoms with E-state index in [2.05, 4.69) is 5.84 Å². The minimum atomic E-state index is -3.24. The maximum absolute atomic E-state index is 11.8. The molecule has 0 aliphatic carbocycles. The van der Waals surface area contributed by atoms with Gasteiger partial charge in [-0.25, -0.2) is 23.8 Å². The maximum atomic E-state index is 11.8. The highest BCUT2D eigenvalue weighted by Crippen LogP contribution is 2.00. The first-order valence-corrected chi connectivity index (χ1v) is 2.27. The smallest absolute Gasteiger partial charge is 0.302 e. The molecule has 11 heavy (non-hydrogen) atoms. The van der Waals surface area contributed by atoms with Gasteiger partial charge >= 0.3 is 6.03 Å². The van der Waals surface area contributed by atoms with Crippen LogP contribution in [0.2, 0.25) is 0 Å². The summed E-state index contributed by atoms with van der Waals surface area (Å²) in [5, 5.41) is 1.24. The molecule has 0 heterocycles. The Morgan fingerprint density at radius 2 is 1.82 bits per heavy atom. The molecule has 0 aliphatic heterocycles. The Morgan fingerprint density at radius 1 is 1.36 bits per heavy atom. The van der Waals surface area contributed by atoms with E-state index in [1.54, 1.807) is 0 Å². The highest BCUT2D eigenvalue weighted by atomic mass is 35.5. The molecule has 0 aromatic rings. The number of halogens is 4. The minimum Gasteiger partial charge on any atom is -0.302 e. The number of urea groups is 1. The zero-order valence-corrected chi connectivity index (χ0v) is 6.00. The van der Waals surface area contributed by atoms with Crippen molar-refractivity contribution in [3.05, 3.63) is 0 Å². The van der Waals surface area contributed by atoms with Gasteiger partial charge in [-0.15, -0.1) is 12.4 Å². The Kier molecular flexibility index (Phi) is 7.12. The molecular formula is C3H7ClF3N3O. The van der Waals surface area contributed by atoms with Gasteiger partial charge in [-0.3, -0.25) is 5.43 Å². The molecule has 2 amide bonds. The van der Waals surface area contributed by atoms with Crippen molar-refractivity contribution in [1.82, 2.24) is 10.7 Å². The van der Waals surface area contributed by atoms with Gasteiger partial charge in [0.15, 0.2) is 0 Å². The molecule has 1 unspecified atom stereocenters. The van der Waals surface area contributed by atoms with Crippen molar-refractivity contribution in [2.45, 2.75) is 12.7 Å². The molecule has 0 radical (unpaired) electrons. The standard InChI is InChI=1S/C3H6F3N3O.ClH/c4-1(5)2(6)8-3(10)9-7;/h1-2H,7H2,(H2,8,9,10);1H. The van der Waals surface area contributed by atoms with Crippen molar-refractivity contribution in [2.75, 3.05) is 0 Å². The molecule has 0 saturated heterocycles. The summed E-state index contributed by atoms with van der Waals surface area (Å²) in [6.45, 7) is 0. The van der Waals surface area contributed by atoms with Crippen LogP contribution in [0.1, 0.15) is 0 Å². The Labute approximate surface area is 66.7 Å². The molecule has 0 bridgehead atoms. The van der Waals surface area contributed by atoms with Gasteiger partial charge in [-0.1, -0.05) is 0 Å². The summed E-state index contributed by atoms with van der Waals surface area (Å²) in [6.07, 6.45) is -5.92. The summed E-state index contributed by atoms with van der Waals surface area (Å²) < 4.78 is 34.3. The summed E-state index contributed by atoms with van der Waals surface area (Å²) in [7, 11) is 0. The Balaban J connectivity index is 0. The molecular weight excluding hydrogens is 186 g/mol. The number of nitrogens with two attached hydrogens (primary N) is 1. The summed E-state index contributed by atoms with van der Waals surface area (Å²) in [4.78, 5) is 10.0. The normalized spacial score (nSPS) is 11.7. The van der Waals surface area contributed by atoms with Gasteiger partial charge in [0.1, 0.15) is 0 Å². The quantitative estimate of drug-likeness (QED) is 0.253. The lowest BCUT2D eigenvalue weighted by molar-refractivity contribution is 0.0369. The van der Waals surface area contributed by atoms with E-state index in [0.29, 0.717) is 0 Å². The predicted molar refractivity (Wildman–Crippen MR) is 34.0 cm³/mol. The molecule has 68 valence electrons. The van der Waals surface area contributed by atoms with Gasteiger partial charge in [0.25, 0.3) is 6.43 Å². The van der Waals surface area contributed by atoms with E-state index in [-0.39, 0.29) is 12.4 Å². The van der Waals surface area contributed by atoms with Crippen LogP contribution in [0.25, 0.3) is 0 Å². The summed E-state index contributed by atoms with van der Waals surface area (Å²) in [5.74, 6) is 4.45. The summed E-state index contributed by atoms with van der Waals surface area (Å²) >= 11 is 0. The van der Waals surface area contributed by atoms with E-state index in [9.17, 15) is 18.0 Å². The van der Waals surface area contributed by atoms with Crippen molar-refractivity contribution in [2.24, 2.45) is 5.84 Å². The molecule has 0 saturated carbocycles. The first-order chi connectivity index (χ1) is 4.57. The van der Waals surface area contributed by atoms with Crippen molar-refractivity contribution in [3.63, 3.8) is 0 Å². The third-order valence-electron chi connectivity index (χ3n) is 0.621. The van der Waals surface area contributed by atoms with E-state index in [0.717, 1.165) is 0 Å². The lowest BCUT2D eigenvalue weighted by Gasteiger charge is -2.07. The largest absolute Gasteiger partial charge is 0.331 e.